The van der Waals surface area contributed by atoms with Crippen molar-refractivity contribution in [2.24, 2.45) is 0 Å². The van der Waals surface area contributed by atoms with E-state index in [1.807, 2.05) is 60.7 Å². The molecular formula is C29H34N2O3. The lowest BCUT2D eigenvalue weighted by Gasteiger charge is -2.33. The molecule has 1 fully saturated rings. The van der Waals surface area contributed by atoms with Crippen LogP contribution in [0.15, 0.2) is 84.9 Å². The third-order valence-electron chi connectivity index (χ3n) is 6.46. The number of benzene rings is 3. The van der Waals surface area contributed by atoms with Crippen LogP contribution in [0.5, 0.6) is 0 Å². The fourth-order valence-corrected chi connectivity index (χ4v) is 4.55. The molecule has 5 heteroatoms. The molecule has 1 amide bonds. The number of aryl methyl sites for hydroxylation is 1. The van der Waals surface area contributed by atoms with Gasteiger partial charge in [-0.25, -0.2) is 0 Å². The van der Waals surface area contributed by atoms with Gasteiger partial charge in [-0.05, 0) is 48.6 Å². The van der Waals surface area contributed by atoms with Gasteiger partial charge in [-0.3, -0.25) is 4.79 Å². The number of nitrogens with one attached hydrogen (secondary N) is 1. The summed E-state index contributed by atoms with van der Waals surface area (Å²) in [6, 6.07) is 27.9. The summed E-state index contributed by atoms with van der Waals surface area (Å²) in [7, 11) is 0. The monoisotopic (exact) mass is 458 g/mol. The highest BCUT2D eigenvalue weighted by Gasteiger charge is 2.24. The molecule has 1 aliphatic rings. The number of aliphatic hydroxyl groups excluding tert-OH is 1. The summed E-state index contributed by atoms with van der Waals surface area (Å²) in [5.41, 5.74) is 4.07. The second-order valence-corrected chi connectivity index (χ2v) is 9.05. The Morgan fingerprint density at radius 2 is 1.59 bits per heavy atom. The maximum Gasteiger partial charge on any atom is 0.251 e. The maximum absolute atomic E-state index is 12.4. The number of hydrogen-bond acceptors (Lipinski definition) is 4. The number of β-amino-alcohol motifs (C(OH)–C–C–N with tert-alkyl or cyclic N) is 1. The van der Waals surface area contributed by atoms with E-state index in [0.29, 0.717) is 12.1 Å². The Hall–Kier alpha value is -2.99. The number of ether oxygens (including phenoxy) is 1. The Bertz CT molecular complexity index is 1030. The van der Waals surface area contributed by atoms with Crippen molar-refractivity contribution in [2.75, 3.05) is 26.2 Å². The zero-order valence-electron chi connectivity index (χ0n) is 19.8. The molecule has 0 bridgehead atoms. The standard InChI is InChI=1S/C29H34N2O3/c1-22-10-8-9-15-27(22)28(23-11-4-2-5-12-23)34-21-26(32)20-31-18-16-25(17-19-31)30-29(33)24-13-6-3-7-14-24/h2-15,25-26,28,32H,16-21H2,1H3,(H,30,33). The van der Waals surface area contributed by atoms with Gasteiger partial charge in [0.2, 0.25) is 0 Å². The van der Waals surface area contributed by atoms with E-state index in [4.69, 9.17) is 4.74 Å². The fourth-order valence-electron chi connectivity index (χ4n) is 4.55. The molecule has 2 unspecified atom stereocenters. The zero-order valence-corrected chi connectivity index (χ0v) is 19.8. The number of nitrogens with zero attached hydrogens (tertiary/aromatic N) is 1. The van der Waals surface area contributed by atoms with Crippen LogP contribution in [0.4, 0.5) is 0 Å². The summed E-state index contributed by atoms with van der Waals surface area (Å²) in [5.74, 6) is -0.0179. The number of amides is 1. The molecule has 3 aromatic carbocycles. The summed E-state index contributed by atoms with van der Waals surface area (Å²) >= 11 is 0. The van der Waals surface area contributed by atoms with Crippen LogP contribution in [0.3, 0.4) is 0 Å². The molecular weight excluding hydrogens is 424 g/mol. The quantitative estimate of drug-likeness (QED) is 0.500. The summed E-state index contributed by atoms with van der Waals surface area (Å²) in [6.07, 6.45) is 0.964. The van der Waals surface area contributed by atoms with E-state index in [-0.39, 0.29) is 24.7 Å². The number of aliphatic hydroxyl groups is 1. The topological polar surface area (TPSA) is 61.8 Å². The molecule has 0 spiro atoms. The minimum Gasteiger partial charge on any atom is -0.389 e. The molecule has 3 aromatic rings. The van der Waals surface area contributed by atoms with Crippen LogP contribution in [0.25, 0.3) is 0 Å². The molecule has 0 saturated carbocycles. The van der Waals surface area contributed by atoms with Crippen molar-refractivity contribution in [3.63, 3.8) is 0 Å². The smallest absolute Gasteiger partial charge is 0.251 e. The second kappa shape index (κ2) is 11.9. The van der Waals surface area contributed by atoms with Gasteiger partial charge in [0.1, 0.15) is 6.10 Å². The van der Waals surface area contributed by atoms with Crippen molar-refractivity contribution in [1.82, 2.24) is 10.2 Å². The second-order valence-electron chi connectivity index (χ2n) is 9.05. The lowest BCUT2D eigenvalue weighted by Crippen LogP contribution is -2.47. The Labute approximate surface area is 202 Å². The van der Waals surface area contributed by atoms with E-state index in [2.05, 4.69) is 41.4 Å². The summed E-state index contributed by atoms with van der Waals surface area (Å²) in [5, 5.41) is 13.9. The van der Waals surface area contributed by atoms with Gasteiger partial charge < -0.3 is 20.1 Å². The van der Waals surface area contributed by atoms with Gasteiger partial charge >= 0.3 is 0 Å². The summed E-state index contributed by atoms with van der Waals surface area (Å²) < 4.78 is 6.29. The van der Waals surface area contributed by atoms with Crippen LogP contribution in [-0.4, -0.2) is 54.3 Å². The minimum atomic E-state index is -0.578. The summed E-state index contributed by atoms with van der Waals surface area (Å²) in [4.78, 5) is 14.7. The normalized spacial score (nSPS) is 16.6. The van der Waals surface area contributed by atoms with Gasteiger partial charge in [-0.2, -0.15) is 0 Å². The van der Waals surface area contributed by atoms with Crippen molar-refractivity contribution >= 4 is 5.91 Å². The van der Waals surface area contributed by atoms with Crippen molar-refractivity contribution in [2.45, 2.75) is 38.0 Å². The van der Waals surface area contributed by atoms with Crippen molar-refractivity contribution in [3.8, 4) is 0 Å². The summed E-state index contributed by atoms with van der Waals surface area (Å²) in [6.45, 7) is 4.60. The first-order valence-electron chi connectivity index (χ1n) is 12.1. The number of piperidine rings is 1. The highest BCUT2D eigenvalue weighted by atomic mass is 16.5. The molecule has 34 heavy (non-hydrogen) atoms. The van der Waals surface area contributed by atoms with E-state index in [1.165, 1.54) is 5.56 Å². The lowest BCUT2D eigenvalue weighted by molar-refractivity contribution is -0.0116. The van der Waals surface area contributed by atoms with E-state index in [0.717, 1.165) is 37.1 Å². The van der Waals surface area contributed by atoms with Crippen LogP contribution < -0.4 is 5.32 Å². The molecule has 2 atom stereocenters. The molecule has 1 heterocycles. The Morgan fingerprint density at radius 1 is 0.971 bits per heavy atom. The van der Waals surface area contributed by atoms with Crippen LogP contribution in [0, 0.1) is 6.92 Å². The SMILES string of the molecule is Cc1ccccc1C(OCC(O)CN1CCC(NC(=O)c2ccccc2)CC1)c1ccccc1. The van der Waals surface area contributed by atoms with Crippen molar-refractivity contribution in [3.05, 3.63) is 107 Å². The van der Waals surface area contributed by atoms with Gasteiger partial charge in [-0.15, -0.1) is 0 Å². The minimum absolute atomic E-state index is 0.0179. The van der Waals surface area contributed by atoms with Crippen LogP contribution in [0.2, 0.25) is 0 Å². The largest absolute Gasteiger partial charge is 0.389 e. The maximum atomic E-state index is 12.4. The molecule has 4 rings (SSSR count). The first-order chi connectivity index (χ1) is 16.6. The van der Waals surface area contributed by atoms with Crippen molar-refractivity contribution < 1.29 is 14.6 Å². The van der Waals surface area contributed by atoms with Crippen LogP contribution in [-0.2, 0) is 4.74 Å². The fraction of sp³-hybridized carbons (Fsp3) is 0.345. The first-order valence-corrected chi connectivity index (χ1v) is 12.1. The van der Waals surface area contributed by atoms with E-state index in [9.17, 15) is 9.90 Å². The predicted octanol–water partition coefficient (Wildman–Crippen LogP) is 4.36. The molecule has 0 aliphatic carbocycles. The molecule has 2 N–H and O–H groups in total. The van der Waals surface area contributed by atoms with Crippen LogP contribution in [0.1, 0.15) is 46.0 Å². The Morgan fingerprint density at radius 3 is 2.26 bits per heavy atom. The lowest BCUT2D eigenvalue weighted by atomic mass is 9.97. The number of rotatable bonds is 9. The van der Waals surface area contributed by atoms with E-state index >= 15 is 0 Å². The number of carbonyl (C=O) groups excluding carboxylic acids is 1. The number of carbonyl (C=O) groups is 1. The first kappa shape index (κ1) is 24.1. The third kappa shape index (κ3) is 6.54. The van der Waals surface area contributed by atoms with Crippen molar-refractivity contribution in [1.29, 1.82) is 0 Å². The Kier molecular flexibility index (Phi) is 8.47. The molecule has 178 valence electrons. The number of hydrogen-bond donors (Lipinski definition) is 2. The molecule has 0 aromatic heterocycles. The van der Waals surface area contributed by atoms with Gasteiger partial charge in [0.05, 0.1) is 12.7 Å². The van der Waals surface area contributed by atoms with Gasteiger partial charge in [0, 0.05) is 31.2 Å². The average molecular weight is 459 g/mol. The predicted molar refractivity (Wildman–Crippen MR) is 135 cm³/mol. The third-order valence-corrected chi connectivity index (χ3v) is 6.46. The average Bonchev–Trinajstić information content (AvgIpc) is 2.87. The molecule has 1 aliphatic heterocycles. The highest BCUT2D eigenvalue weighted by Crippen LogP contribution is 2.28. The van der Waals surface area contributed by atoms with Gasteiger partial charge in [-0.1, -0.05) is 72.8 Å². The van der Waals surface area contributed by atoms with E-state index < -0.39 is 6.10 Å². The highest BCUT2D eigenvalue weighted by molar-refractivity contribution is 5.94. The molecule has 5 nitrogen and oxygen atoms in total. The van der Waals surface area contributed by atoms with Gasteiger partial charge in [0.15, 0.2) is 0 Å². The van der Waals surface area contributed by atoms with Gasteiger partial charge in [0.25, 0.3) is 5.91 Å². The Balaban J connectivity index is 1.27. The molecule has 0 radical (unpaired) electrons. The van der Waals surface area contributed by atoms with Crippen LogP contribution >= 0.6 is 0 Å². The number of likely N-dealkylation sites (tertiary alicyclic amines) is 1. The van der Waals surface area contributed by atoms with E-state index in [1.54, 1.807) is 0 Å². The molecule has 1 saturated heterocycles. The zero-order chi connectivity index (χ0) is 23.8.